The molecular weight excluding hydrogens is 226 g/mol. The van der Waals surface area contributed by atoms with Crippen LogP contribution in [-0.2, 0) is 0 Å². The molecule has 4 nitrogen and oxygen atoms in total. The van der Waals surface area contributed by atoms with Gasteiger partial charge in [0.05, 0.1) is 5.56 Å². The van der Waals surface area contributed by atoms with E-state index in [2.05, 4.69) is 17.5 Å². The molecule has 4 heteroatoms. The van der Waals surface area contributed by atoms with Crippen molar-refractivity contribution in [3.63, 3.8) is 0 Å². The number of carbonyl (C=O) groups excluding carboxylic acids is 1. The van der Waals surface area contributed by atoms with E-state index in [1.807, 2.05) is 24.3 Å². The average molecular weight is 243 g/mol. The Hall–Kier alpha value is -1.81. The molecule has 2 unspecified atom stereocenters. The molecule has 1 aliphatic carbocycles. The van der Waals surface area contributed by atoms with Crippen molar-refractivity contribution in [2.45, 2.75) is 25.4 Å². The van der Waals surface area contributed by atoms with Crippen LogP contribution in [0.4, 0.5) is 5.69 Å². The summed E-state index contributed by atoms with van der Waals surface area (Å²) < 4.78 is 0. The Kier molecular flexibility index (Phi) is 2.80. The number of rotatable bonds is 1. The van der Waals surface area contributed by atoms with E-state index in [0.717, 1.165) is 24.9 Å². The first-order chi connectivity index (χ1) is 8.77. The fourth-order valence-electron chi connectivity index (χ4n) is 2.74. The van der Waals surface area contributed by atoms with E-state index >= 15 is 0 Å². The second-order valence-corrected chi connectivity index (χ2v) is 4.89. The van der Waals surface area contributed by atoms with E-state index in [1.54, 1.807) is 0 Å². The maximum atomic E-state index is 12.2. The lowest BCUT2D eigenvalue weighted by molar-refractivity contribution is 0.0613. The topological polar surface area (TPSA) is 58.4 Å². The van der Waals surface area contributed by atoms with Crippen LogP contribution in [0.25, 0.3) is 0 Å². The number of benzene rings is 1. The molecule has 1 aliphatic heterocycles. The molecule has 94 valence electrons. The van der Waals surface area contributed by atoms with Gasteiger partial charge in [-0.2, -0.15) is 0 Å². The highest BCUT2D eigenvalue weighted by molar-refractivity contribution is 6.01. The Morgan fingerprint density at radius 3 is 2.89 bits per heavy atom. The number of para-hydroxylation sites is 1. The van der Waals surface area contributed by atoms with Crippen LogP contribution in [0, 0.1) is 5.92 Å². The van der Waals surface area contributed by atoms with Gasteiger partial charge in [-0.15, -0.1) is 0 Å². The molecule has 0 saturated carbocycles. The lowest BCUT2D eigenvalue weighted by Gasteiger charge is -2.39. The number of anilines is 1. The van der Waals surface area contributed by atoms with Crippen molar-refractivity contribution in [1.82, 2.24) is 5.01 Å². The minimum atomic E-state index is -0.0997. The zero-order valence-corrected chi connectivity index (χ0v) is 10.2. The number of nitrogens with one attached hydrogen (secondary N) is 1. The number of hydrazine groups is 1. The summed E-state index contributed by atoms with van der Waals surface area (Å²) in [5.74, 6) is 6.26. The van der Waals surface area contributed by atoms with Gasteiger partial charge in [0.25, 0.3) is 5.91 Å². The molecule has 2 aliphatic rings. The molecule has 18 heavy (non-hydrogen) atoms. The predicted octanol–water partition coefficient (Wildman–Crippen LogP) is 2.11. The largest absolute Gasteiger partial charge is 0.363 e. The fourth-order valence-corrected chi connectivity index (χ4v) is 2.74. The average Bonchev–Trinajstić information content (AvgIpc) is 2.44. The van der Waals surface area contributed by atoms with Crippen molar-refractivity contribution >= 4 is 11.6 Å². The molecule has 0 saturated heterocycles. The number of amides is 1. The van der Waals surface area contributed by atoms with Crippen molar-refractivity contribution in [1.29, 1.82) is 0 Å². The van der Waals surface area contributed by atoms with Gasteiger partial charge in [0.15, 0.2) is 0 Å². The van der Waals surface area contributed by atoms with E-state index in [-0.39, 0.29) is 12.1 Å². The second kappa shape index (κ2) is 4.46. The first-order valence-corrected chi connectivity index (χ1v) is 6.36. The summed E-state index contributed by atoms with van der Waals surface area (Å²) in [4.78, 5) is 12.2. The molecule has 0 spiro atoms. The van der Waals surface area contributed by atoms with Crippen molar-refractivity contribution in [3.8, 4) is 0 Å². The molecule has 3 N–H and O–H groups in total. The standard InChI is InChI=1S/C14H17N3O/c15-17-13(10-6-2-1-3-7-10)16-12-9-5-4-8-11(12)14(17)18/h1-2,4-5,8-10,13,16H,3,6-7,15H2. The number of nitrogens with two attached hydrogens (primary N) is 1. The van der Waals surface area contributed by atoms with Gasteiger partial charge in [-0.1, -0.05) is 24.3 Å². The van der Waals surface area contributed by atoms with Crippen LogP contribution in [-0.4, -0.2) is 17.1 Å². The van der Waals surface area contributed by atoms with E-state index < -0.39 is 0 Å². The van der Waals surface area contributed by atoms with Crippen molar-refractivity contribution in [2.75, 3.05) is 5.32 Å². The first-order valence-electron chi connectivity index (χ1n) is 6.36. The highest BCUT2D eigenvalue weighted by Gasteiger charge is 2.34. The number of nitrogens with zero attached hydrogens (tertiary/aromatic N) is 1. The molecular formula is C14H17N3O. The van der Waals surface area contributed by atoms with E-state index in [1.165, 1.54) is 5.01 Å². The molecule has 3 rings (SSSR count). The van der Waals surface area contributed by atoms with Crippen LogP contribution in [0.2, 0.25) is 0 Å². The lowest BCUT2D eigenvalue weighted by atomic mass is 9.89. The van der Waals surface area contributed by atoms with E-state index in [4.69, 9.17) is 5.84 Å². The Morgan fingerprint density at radius 2 is 2.11 bits per heavy atom. The summed E-state index contributed by atoms with van der Waals surface area (Å²) >= 11 is 0. The van der Waals surface area contributed by atoms with Crippen LogP contribution in [0.5, 0.6) is 0 Å². The summed E-state index contributed by atoms with van der Waals surface area (Å²) in [6.07, 6.45) is 7.37. The third-order valence-electron chi connectivity index (χ3n) is 3.75. The summed E-state index contributed by atoms with van der Waals surface area (Å²) in [7, 11) is 0. The van der Waals surface area contributed by atoms with Gasteiger partial charge < -0.3 is 5.32 Å². The summed E-state index contributed by atoms with van der Waals surface area (Å²) in [5.41, 5.74) is 1.55. The molecule has 0 bridgehead atoms. The minimum Gasteiger partial charge on any atom is -0.363 e. The van der Waals surface area contributed by atoms with Crippen LogP contribution < -0.4 is 11.2 Å². The van der Waals surface area contributed by atoms with Crippen LogP contribution in [0.1, 0.15) is 29.6 Å². The van der Waals surface area contributed by atoms with Crippen molar-refractivity contribution < 1.29 is 4.79 Å². The number of hydrogen-bond acceptors (Lipinski definition) is 3. The minimum absolute atomic E-state index is 0.0936. The monoisotopic (exact) mass is 243 g/mol. The molecule has 0 radical (unpaired) electrons. The Bertz CT molecular complexity index is 498. The maximum absolute atomic E-state index is 12.2. The maximum Gasteiger partial charge on any atom is 0.271 e. The quantitative estimate of drug-likeness (QED) is 0.451. The zero-order valence-electron chi connectivity index (χ0n) is 10.2. The van der Waals surface area contributed by atoms with Gasteiger partial charge in [-0.3, -0.25) is 9.80 Å². The molecule has 1 heterocycles. The molecule has 1 aromatic rings. The van der Waals surface area contributed by atoms with Crippen LogP contribution in [0.15, 0.2) is 36.4 Å². The zero-order chi connectivity index (χ0) is 12.5. The summed E-state index contributed by atoms with van der Waals surface area (Å²) in [6.45, 7) is 0. The van der Waals surface area contributed by atoms with Gasteiger partial charge in [0.1, 0.15) is 6.17 Å². The Labute approximate surface area is 106 Å². The number of carbonyl (C=O) groups is 1. The third kappa shape index (κ3) is 1.78. The molecule has 0 aromatic heterocycles. The molecule has 2 atom stereocenters. The highest BCUT2D eigenvalue weighted by atomic mass is 16.2. The molecule has 0 fully saturated rings. The second-order valence-electron chi connectivity index (χ2n) is 4.89. The van der Waals surface area contributed by atoms with Gasteiger partial charge >= 0.3 is 0 Å². The SMILES string of the molecule is NN1C(=O)c2ccccc2NC1C1CC=CCC1. The number of allylic oxidation sites excluding steroid dienone is 2. The van der Waals surface area contributed by atoms with Crippen LogP contribution >= 0.6 is 0 Å². The van der Waals surface area contributed by atoms with E-state index in [9.17, 15) is 4.79 Å². The normalized spacial score (nSPS) is 26.7. The third-order valence-corrected chi connectivity index (χ3v) is 3.75. The van der Waals surface area contributed by atoms with Crippen LogP contribution in [0.3, 0.4) is 0 Å². The Morgan fingerprint density at radius 1 is 1.28 bits per heavy atom. The predicted molar refractivity (Wildman–Crippen MR) is 70.7 cm³/mol. The highest BCUT2D eigenvalue weighted by Crippen LogP contribution is 2.31. The van der Waals surface area contributed by atoms with Crippen molar-refractivity contribution in [3.05, 3.63) is 42.0 Å². The van der Waals surface area contributed by atoms with Gasteiger partial charge in [0, 0.05) is 11.6 Å². The van der Waals surface area contributed by atoms with Gasteiger partial charge in [0.2, 0.25) is 0 Å². The van der Waals surface area contributed by atoms with E-state index in [0.29, 0.717) is 11.5 Å². The smallest absolute Gasteiger partial charge is 0.271 e. The molecule has 1 aromatic carbocycles. The molecule has 1 amide bonds. The number of fused-ring (bicyclic) bond motifs is 1. The fraction of sp³-hybridized carbons (Fsp3) is 0.357. The first kappa shape index (κ1) is 11.3. The van der Waals surface area contributed by atoms with Gasteiger partial charge in [-0.25, -0.2) is 5.84 Å². The lowest BCUT2D eigenvalue weighted by Crippen LogP contribution is -2.56. The Balaban J connectivity index is 1.90. The van der Waals surface area contributed by atoms with Gasteiger partial charge in [-0.05, 0) is 31.4 Å². The summed E-state index contributed by atoms with van der Waals surface area (Å²) in [6, 6.07) is 7.53. The summed E-state index contributed by atoms with van der Waals surface area (Å²) in [5, 5.41) is 4.75. The number of hydrogen-bond donors (Lipinski definition) is 2. The van der Waals surface area contributed by atoms with Crippen molar-refractivity contribution in [2.24, 2.45) is 11.8 Å².